The molecular weight excluding hydrogens is 414 g/mol. The second-order valence-corrected chi connectivity index (χ2v) is 6.52. The van der Waals surface area contributed by atoms with Crippen LogP contribution in [0.4, 0.5) is 0 Å². The third-order valence-electron chi connectivity index (χ3n) is 3.38. The van der Waals surface area contributed by atoms with Gasteiger partial charge in [0.05, 0.1) is 18.1 Å². The summed E-state index contributed by atoms with van der Waals surface area (Å²) in [6.07, 6.45) is -0.728. The molecule has 1 N–H and O–H groups in total. The number of nitrogens with one attached hydrogen (secondary N) is 1. The average Bonchev–Trinajstić information content (AvgIpc) is 2.95. The number of carbonyl (C=O) groups is 2. The highest BCUT2D eigenvalue weighted by atomic mass is 79.9. The summed E-state index contributed by atoms with van der Waals surface area (Å²) in [5.41, 5.74) is 0.334. The van der Waals surface area contributed by atoms with Gasteiger partial charge in [0.25, 0.3) is 5.91 Å². The lowest BCUT2D eigenvalue weighted by Gasteiger charge is -2.15. The van der Waals surface area contributed by atoms with Gasteiger partial charge < -0.3 is 19.2 Å². The number of hydrogen-bond donors (Lipinski definition) is 1. The molecule has 0 saturated heterocycles. The van der Waals surface area contributed by atoms with E-state index in [9.17, 15) is 9.59 Å². The van der Waals surface area contributed by atoms with Crippen LogP contribution in [-0.2, 0) is 16.1 Å². The second-order valence-electron chi connectivity index (χ2n) is 5.23. The number of carbonyl (C=O) groups excluding carboxylic acids is 2. The molecule has 8 heteroatoms. The number of amides is 1. The van der Waals surface area contributed by atoms with E-state index in [0.717, 1.165) is 0 Å². The van der Waals surface area contributed by atoms with Crippen molar-refractivity contribution in [1.29, 1.82) is 0 Å². The smallest absolute Gasteiger partial charge is 0.341 e. The van der Waals surface area contributed by atoms with Gasteiger partial charge in [-0.3, -0.25) is 4.79 Å². The largest absolute Gasteiger partial charge is 0.480 e. The molecule has 2 aromatic rings. The van der Waals surface area contributed by atoms with Gasteiger partial charge in [-0.2, -0.15) is 0 Å². The summed E-state index contributed by atoms with van der Waals surface area (Å²) in [5.74, 6) is 0.587. The minimum atomic E-state index is -0.728. The van der Waals surface area contributed by atoms with Gasteiger partial charge in [0, 0.05) is 5.02 Å². The van der Waals surface area contributed by atoms with Crippen molar-refractivity contribution in [3.05, 3.63) is 50.8 Å². The van der Waals surface area contributed by atoms with Crippen LogP contribution in [0, 0.1) is 6.92 Å². The van der Waals surface area contributed by atoms with Gasteiger partial charge in [-0.15, -0.1) is 0 Å². The second kappa shape index (κ2) is 8.40. The first-order valence-electron chi connectivity index (χ1n) is 7.39. The predicted molar refractivity (Wildman–Crippen MR) is 95.9 cm³/mol. The molecule has 0 saturated carbocycles. The SMILES string of the molecule is COC(=O)c1cc(CNC(=O)C(C)Oc2ccc(Cl)cc2Br)oc1C. The van der Waals surface area contributed by atoms with Crippen LogP contribution in [0.1, 0.15) is 28.8 Å². The van der Waals surface area contributed by atoms with Crippen molar-refractivity contribution in [3.8, 4) is 5.75 Å². The highest BCUT2D eigenvalue weighted by Gasteiger charge is 2.19. The molecular formula is C17H17BrClNO5. The molecule has 0 radical (unpaired) electrons. The molecule has 0 bridgehead atoms. The van der Waals surface area contributed by atoms with Crippen LogP contribution in [0.5, 0.6) is 5.75 Å². The molecule has 1 amide bonds. The van der Waals surface area contributed by atoms with Crippen molar-refractivity contribution in [1.82, 2.24) is 5.32 Å². The Hall–Kier alpha value is -1.99. The lowest BCUT2D eigenvalue weighted by atomic mass is 10.2. The molecule has 0 aliphatic heterocycles. The van der Waals surface area contributed by atoms with Crippen LogP contribution in [0.3, 0.4) is 0 Å². The van der Waals surface area contributed by atoms with E-state index < -0.39 is 12.1 Å². The summed E-state index contributed by atoms with van der Waals surface area (Å²) in [6.45, 7) is 3.41. The minimum absolute atomic E-state index is 0.131. The summed E-state index contributed by atoms with van der Waals surface area (Å²) < 4.78 is 16.4. The molecule has 25 heavy (non-hydrogen) atoms. The quantitative estimate of drug-likeness (QED) is 0.704. The predicted octanol–water partition coefficient (Wildman–Crippen LogP) is 3.87. The summed E-state index contributed by atoms with van der Waals surface area (Å²) in [6, 6.07) is 6.57. The van der Waals surface area contributed by atoms with Gasteiger partial charge >= 0.3 is 5.97 Å². The molecule has 1 heterocycles. The van der Waals surface area contributed by atoms with Gasteiger partial charge in [0.2, 0.25) is 0 Å². The Morgan fingerprint density at radius 3 is 2.72 bits per heavy atom. The molecule has 2 rings (SSSR count). The molecule has 1 unspecified atom stereocenters. The number of aryl methyl sites for hydroxylation is 1. The fourth-order valence-corrected chi connectivity index (χ4v) is 2.85. The van der Waals surface area contributed by atoms with E-state index >= 15 is 0 Å². The van der Waals surface area contributed by atoms with Crippen molar-refractivity contribution in [2.24, 2.45) is 0 Å². The van der Waals surface area contributed by atoms with Crippen molar-refractivity contribution >= 4 is 39.4 Å². The molecule has 0 aliphatic rings. The number of furan rings is 1. The minimum Gasteiger partial charge on any atom is -0.480 e. The lowest BCUT2D eigenvalue weighted by molar-refractivity contribution is -0.127. The summed E-state index contributed by atoms with van der Waals surface area (Å²) in [5, 5.41) is 3.26. The van der Waals surface area contributed by atoms with E-state index in [-0.39, 0.29) is 12.5 Å². The van der Waals surface area contributed by atoms with Gasteiger partial charge in [0.1, 0.15) is 22.8 Å². The third-order valence-corrected chi connectivity index (χ3v) is 4.23. The van der Waals surface area contributed by atoms with Crippen LogP contribution in [0.15, 0.2) is 33.2 Å². The first kappa shape index (κ1) is 19.3. The molecule has 1 aromatic heterocycles. The summed E-state index contributed by atoms with van der Waals surface area (Å²) in [4.78, 5) is 23.7. The number of ether oxygens (including phenoxy) is 2. The number of hydrogen-bond acceptors (Lipinski definition) is 5. The number of methoxy groups -OCH3 is 1. The van der Waals surface area contributed by atoms with E-state index in [1.807, 2.05) is 0 Å². The Bertz CT molecular complexity index is 789. The maximum absolute atomic E-state index is 12.2. The van der Waals surface area contributed by atoms with Crippen LogP contribution in [0.2, 0.25) is 5.02 Å². The zero-order valence-electron chi connectivity index (χ0n) is 13.9. The molecule has 0 spiro atoms. The molecule has 1 aromatic carbocycles. The monoisotopic (exact) mass is 429 g/mol. The van der Waals surface area contributed by atoms with E-state index in [1.54, 1.807) is 38.1 Å². The topological polar surface area (TPSA) is 77.8 Å². The van der Waals surface area contributed by atoms with E-state index in [1.165, 1.54) is 7.11 Å². The Morgan fingerprint density at radius 1 is 1.36 bits per heavy atom. The number of esters is 1. The average molecular weight is 431 g/mol. The Balaban J connectivity index is 1.94. The summed E-state index contributed by atoms with van der Waals surface area (Å²) >= 11 is 9.20. The zero-order chi connectivity index (χ0) is 18.6. The van der Waals surface area contributed by atoms with Gasteiger partial charge in [0.15, 0.2) is 6.10 Å². The molecule has 1 atom stereocenters. The van der Waals surface area contributed by atoms with E-state index in [4.69, 9.17) is 20.8 Å². The molecule has 0 fully saturated rings. The van der Waals surface area contributed by atoms with Crippen molar-refractivity contribution in [3.63, 3.8) is 0 Å². The van der Waals surface area contributed by atoms with E-state index in [0.29, 0.717) is 32.3 Å². The fraction of sp³-hybridized carbons (Fsp3) is 0.294. The molecule has 134 valence electrons. The van der Waals surface area contributed by atoms with Crippen LogP contribution in [0.25, 0.3) is 0 Å². The number of rotatable bonds is 6. The molecule has 0 aliphatic carbocycles. The highest BCUT2D eigenvalue weighted by Crippen LogP contribution is 2.28. The fourth-order valence-electron chi connectivity index (χ4n) is 2.08. The van der Waals surface area contributed by atoms with Crippen LogP contribution in [-0.4, -0.2) is 25.1 Å². The van der Waals surface area contributed by atoms with Gasteiger partial charge in [-0.05, 0) is 54.0 Å². The first-order chi connectivity index (χ1) is 11.8. The van der Waals surface area contributed by atoms with Crippen molar-refractivity contribution in [2.45, 2.75) is 26.5 Å². The third kappa shape index (κ3) is 4.99. The normalized spacial score (nSPS) is 11.7. The van der Waals surface area contributed by atoms with Crippen molar-refractivity contribution in [2.75, 3.05) is 7.11 Å². The zero-order valence-corrected chi connectivity index (χ0v) is 16.2. The molecule has 6 nitrogen and oxygen atoms in total. The summed E-state index contributed by atoms with van der Waals surface area (Å²) in [7, 11) is 1.30. The maximum Gasteiger partial charge on any atom is 0.341 e. The van der Waals surface area contributed by atoms with E-state index in [2.05, 4.69) is 26.0 Å². The number of benzene rings is 1. The highest BCUT2D eigenvalue weighted by molar-refractivity contribution is 9.10. The maximum atomic E-state index is 12.2. The standard InChI is InChI=1S/C17H17BrClNO5/c1-9-13(17(22)23-3)7-12(24-9)8-20-16(21)10(2)25-15-5-4-11(19)6-14(15)18/h4-7,10H,8H2,1-3H3,(H,20,21). The van der Waals surface area contributed by atoms with Crippen LogP contribution >= 0.6 is 27.5 Å². The van der Waals surface area contributed by atoms with Gasteiger partial charge in [-0.25, -0.2) is 4.79 Å². The Kier molecular flexibility index (Phi) is 6.50. The Morgan fingerprint density at radius 2 is 2.08 bits per heavy atom. The Labute approximate surface area is 158 Å². The van der Waals surface area contributed by atoms with Crippen LogP contribution < -0.4 is 10.1 Å². The van der Waals surface area contributed by atoms with Crippen molar-refractivity contribution < 1.29 is 23.5 Å². The lowest BCUT2D eigenvalue weighted by Crippen LogP contribution is -2.35. The van der Waals surface area contributed by atoms with Gasteiger partial charge in [-0.1, -0.05) is 11.6 Å². The number of halogens is 2. The first-order valence-corrected chi connectivity index (χ1v) is 8.56.